The lowest BCUT2D eigenvalue weighted by molar-refractivity contribution is -0.121. The number of hydrogen-bond acceptors (Lipinski definition) is 3. The molecule has 0 unspecified atom stereocenters. The molecule has 0 aliphatic rings. The van der Waals surface area contributed by atoms with Gasteiger partial charge in [0, 0.05) is 13.0 Å². The van der Waals surface area contributed by atoms with E-state index in [2.05, 4.69) is 29.8 Å². The lowest BCUT2D eigenvalue weighted by Gasteiger charge is -2.07. The van der Waals surface area contributed by atoms with E-state index in [-0.39, 0.29) is 13.3 Å². The van der Waals surface area contributed by atoms with Gasteiger partial charge in [-0.2, -0.15) is 0 Å². The fourth-order valence-electron chi connectivity index (χ4n) is 4.86. The summed E-state index contributed by atoms with van der Waals surface area (Å²) in [5.74, 6) is 1.12. The fourth-order valence-corrected chi connectivity index (χ4v) is 4.86. The first kappa shape index (κ1) is 42.9. The Kier molecular flexibility index (Phi) is 43.4. The Morgan fingerprint density at radius 2 is 0.872 bits per heavy atom. The number of carbonyl (C=O) groups excluding carboxylic acids is 1. The van der Waals surface area contributed by atoms with E-state index < -0.39 is 0 Å². The number of rotatable bonds is 30. The van der Waals surface area contributed by atoms with E-state index in [1.165, 1.54) is 142 Å². The minimum Gasteiger partial charge on any atom is -0.356 e. The zero-order valence-electron chi connectivity index (χ0n) is 27.1. The molecule has 4 nitrogen and oxygen atoms in total. The lowest BCUT2D eigenvalue weighted by atomic mass is 10.1. The van der Waals surface area contributed by atoms with Crippen LogP contribution in [0.1, 0.15) is 183 Å². The zero-order chi connectivity index (χ0) is 28.4. The maximum Gasteiger partial charge on any atom is 0.219 e. The highest BCUT2D eigenvalue weighted by Gasteiger charge is 2.01. The first-order valence-electron chi connectivity index (χ1n) is 17.3. The van der Waals surface area contributed by atoms with Gasteiger partial charge in [-0.1, -0.05) is 144 Å². The summed E-state index contributed by atoms with van der Waals surface area (Å²) < 4.78 is 0. The molecule has 0 aliphatic carbocycles. The van der Waals surface area contributed by atoms with Crippen molar-refractivity contribution in [2.24, 2.45) is 5.92 Å². The molecule has 0 aromatic heterocycles. The number of carbonyl (C=O) groups is 1. The van der Waals surface area contributed by atoms with Gasteiger partial charge in [-0.05, 0) is 64.7 Å². The van der Waals surface area contributed by atoms with E-state index in [0.717, 1.165) is 38.3 Å². The Balaban J connectivity index is -0.00000421. The molecule has 1 amide bonds. The van der Waals surface area contributed by atoms with E-state index in [9.17, 15) is 4.79 Å². The molecule has 0 rings (SSSR count). The molecule has 0 aromatic rings. The second kappa shape index (κ2) is 39.5. The summed E-state index contributed by atoms with van der Waals surface area (Å²) in [5.41, 5.74) is 0. The molecule has 0 saturated carbocycles. The Morgan fingerprint density at radius 3 is 1.31 bits per heavy atom. The molecule has 0 saturated heterocycles. The third-order valence-electron chi connectivity index (χ3n) is 7.32. The van der Waals surface area contributed by atoms with E-state index in [1.54, 1.807) is 0 Å². The standard InChI is InChI=1S/C32H67N3O.C2H6.CH4/c1-31(2)25-20-24-29-34-28-22-17-13-9-4-5-10-14-18-23-30-35-32(36)26-19-15-11-7-6-8-12-16-21-27-33-3;1-2;/h31,33-34H,4-30H2,1-3H3,(H,35,36);1-2H3;1H4. The zero-order valence-corrected chi connectivity index (χ0v) is 27.1. The first-order valence-corrected chi connectivity index (χ1v) is 17.3. The third kappa shape index (κ3) is 42.0. The highest BCUT2D eigenvalue weighted by molar-refractivity contribution is 5.75. The predicted molar refractivity (Wildman–Crippen MR) is 179 cm³/mol. The minimum atomic E-state index is 0. The quantitative estimate of drug-likeness (QED) is 0.0773. The molecule has 0 aromatic carbocycles. The smallest absolute Gasteiger partial charge is 0.219 e. The number of hydrogen-bond donors (Lipinski definition) is 3. The lowest BCUT2D eigenvalue weighted by Crippen LogP contribution is -2.23. The van der Waals surface area contributed by atoms with Crippen LogP contribution in [-0.4, -0.2) is 39.1 Å². The molecular weight excluding hydrogens is 478 g/mol. The SMILES string of the molecule is C.CC.CNCCCCCCCCCCCC(=O)NCCCCCCCCCCCCNCCCCC(C)C. The van der Waals surface area contributed by atoms with Crippen molar-refractivity contribution in [2.45, 2.75) is 183 Å². The van der Waals surface area contributed by atoms with Crippen LogP contribution in [-0.2, 0) is 4.79 Å². The van der Waals surface area contributed by atoms with Crippen LogP contribution < -0.4 is 16.0 Å². The number of unbranched alkanes of at least 4 members (excludes halogenated alkanes) is 18. The molecule has 238 valence electrons. The summed E-state index contributed by atoms with van der Waals surface area (Å²) in [7, 11) is 2.03. The van der Waals surface area contributed by atoms with Crippen LogP contribution in [0.25, 0.3) is 0 Å². The fraction of sp³-hybridized carbons (Fsp3) is 0.971. The van der Waals surface area contributed by atoms with Crippen molar-refractivity contribution in [1.29, 1.82) is 0 Å². The van der Waals surface area contributed by atoms with Crippen molar-refractivity contribution in [3.8, 4) is 0 Å². The van der Waals surface area contributed by atoms with Gasteiger partial charge in [-0.3, -0.25) is 4.79 Å². The predicted octanol–water partition coefficient (Wildman–Crippen LogP) is 10.2. The van der Waals surface area contributed by atoms with Crippen LogP contribution in [0.2, 0.25) is 0 Å². The first-order chi connectivity index (χ1) is 18.7. The summed E-state index contributed by atoms with van der Waals surface area (Å²) >= 11 is 0. The van der Waals surface area contributed by atoms with Crippen molar-refractivity contribution >= 4 is 5.91 Å². The van der Waals surface area contributed by atoms with Gasteiger partial charge in [-0.25, -0.2) is 0 Å². The molecular formula is C35H77N3O. The molecule has 0 atom stereocenters. The topological polar surface area (TPSA) is 53.2 Å². The van der Waals surface area contributed by atoms with Gasteiger partial charge in [0.2, 0.25) is 5.91 Å². The second-order valence-corrected chi connectivity index (χ2v) is 11.6. The number of amides is 1. The van der Waals surface area contributed by atoms with Gasteiger partial charge in [-0.15, -0.1) is 0 Å². The molecule has 39 heavy (non-hydrogen) atoms. The Bertz CT molecular complexity index is 428. The Morgan fingerprint density at radius 1 is 0.513 bits per heavy atom. The molecule has 0 fully saturated rings. The van der Waals surface area contributed by atoms with Gasteiger partial charge >= 0.3 is 0 Å². The van der Waals surface area contributed by atoms with Gasteiger partial charge in [0.05, 0.1) is 0 Å². The maximum atomic E-state index is 12.0. The Labute approximate surface area is 248 Å². The molecule has 0 aliphatic heterocycles. The summed E-state index contributed by atoms with van der Waals surface area (Å²) in [5, 5.41) is 9.93. The largest absolute Gasteiger partial charge is 0.356 e. The summed E-state index contributed by atoms with van der Waals surface area (Å²) in [6.45, 7) is 13.1. The van der Waals surface area contributed by atoms with Crippen molar-refractivity contribution in [3.05, 3.63) is 0 Å². The van der Waals surface area contributed by atoms with E-state index in [1.807, 2.05) is 20.9 Å². The van der Waals surface area contributed by atoms with Crippen LogP contribution >= 0.6 is 0 Å². The van der Waals surface area contributed by atoms with Crippen LogP contribution in [0.4, 0.5) is 0 Å². The van der Waals surface area contributed by atoms with Crippen LogP contribution in [0, 0.1) is 5.92 Å². The minimum absolute atomic E-state index is 0. The highest BCUT2D eigenvalue weighted by Crippen LogP contribution is 2.12. The van der Waals surface area contributed by atoms with Gasteiger partial charge < -0.3 is 16.0 Å². The third-order valence-corrected chi connectivity index (χ3v) is 7.32. The van der Waals surface area contributed by atoms with Crippen LogP contribution in [0.15, 0.2) is 0 Å². The van der Waals surface area contributed by atoms with E-state index >= 15 is 0 Å². The summed E-state index contributed by atoms with van der Waals surface area (Å²) in [4.78, 5) is 12.0. The average molecular weight is 556 g/mol. The van der Waals surface area contributed by atoms with Gasteiger partial charge in [0.25, 0.3) is 0 Å². The molecule has 0 radical (unpaired) electrons. The highest BCUT2D eigenvalue weighted by atomic mass is 16.1. The number of nitrogens with one attached hydrogen (secondary N) is 3. The molecule has 4 heteroatoms. The van der Waals surface area contributed by atoms with E-state index in [0.29, 0.717) is 0 Å². The van der Waals surface area contributed by atoms with Gasteiger partial charge in [0.15, 0.2) is 0 Å². The van der Waals surface area contributed by atoms with Crippen molar-refractivity contribution < 1.29 is 4.79 Å². The molecule has 0 heterocycles. The Hall–Kier alpha value is -0.610. The molecule has 0 bridgehead atoms. The van der Waals surface area contributed by atoms with Crippen molar-refractivity contribution in [1.82, 2.24) is 16.0 Å². The van der Waals surface area contributed by atoms with E-state index in [4.69, 9.17) is 0 Å². The maximum absolute atomic E-state index is 12.0. The molecule has 3 N–H and O–H groups in total. The van der Waals surface area contributed by atoms with Crippen molar-refractivity contribution in [3.63, 3.8) is 0 Å². The van der Waals surface area contributed by atoms with Gasteiger partial charge in [0.1, 0.15) is 0 Å². The summed E-state index contributed by atoms with van der Waals surface area (Å²) in [6.07, 6.45) is 29.9. The molecule has 0 spiro atoms. The van der Waals surface area contributed by atoms with Crippen LogP contribution in [0.5, 0.6) is 0 Å². The normalized spacial score (nSPS) is 10.7. The van der Waals surface area contributed by atoms with Crippen molar-refractivity contribution in [2.75, 3.05) is 33.2 Å². The summed E-state index contributed by atoms with van der Waals surface area (Å²) in [6, 6.07) is 0. The average Bonchev–Trinajstić information content (AvgIpc) is 2.92. The second-order valence-electron chi connectivity index (χ2n) is 11.6. The monoisotopic (exact) mass is 556 g/mol. The van der Waals surface area contributed by atoms with Crippen LogP contribution in [0.3, 0.4) is 0 Å².